The molecule has 3 aromatic rings. The minimum Gasteiger partial charge on any atom is -0.486 e. The lowest BCUT2D eigenvalue weighted by Gasteiger charge is -2.33. The molecular weight excluding hydrogens is 494 g/mol. The fourth-order valence-electron chi connectivity index (χ4n) is 3.91. The Balaban J connectivity index is 1.18. The molecule has 0 radical (unpaired) electrons. The molecule has 1 N–H and O–H groups in total. The van der Waals surface area contributed by atoms with Gasteiger partial charge in [0.1, 0.15) is 13.2 Å². The van der Waals surface area contributed by atoms with Crippen LogP contribution in [0.3, 0.4) is 0 Å². The highest BCUT2D eigenvalue weighted by atomic mass is 79.9. The van der Waals surface area contributed by atoms with Crippen LogP contribution in [0.4, 0.5) is 5.69 Å². The summed E-state index contributed by atoms with van der Waals surface area (Å²) in [6, 6.07) is 14.2. The molecule has 0 amide bonds. The summed E-state index contributed by atoms with van der Waals surface area (Å²) in [6.45, 7) is 3.02. The van der Waals surface area contributed by atoms with Gasteiger partial charge in [-0.05, 0) is 49.3 Å². The van der Waals surface area contributed by atoms with E-state index in [0.717, 1.165) is 64.0 Å². The predicted molar refractivity (Wildman–Crippen MR) is 132 cm³/mol. The van der Waals surface area contributed by atoms with Gasteiger partial charge in [-0.3, -0.25) is 0 Å². The number of ether oxygens (including phenoxy) is 2. The molecule has 5 rings (SSSR count). The van der Waals surface area contributed by atoms with Crippen molar-refractivity contribution < 1.29 is 9.47 Å². The van der Waals surface area contributed by atoms with E-state index in [4.69, 9.17) is 26.7 Å². The van der Waals surface area contributed by atoms with Crippen molar-refractivity contribution in [1.29, 1.82) is 0 Å². The van der Waals surface area contributed by atoms with Gasteiger partial charge in [0.25, 0.3) is 0 Å². The molecule has 3 heterocycles. The van der Waals surface area contributed by atoms with E-state index in [2.05, 4.69) is 43.7 Å². The maximum atomic E-state index is 5.67. The molecule has 160 valence electrons. The summed E-state index contributed by atoms with van der Waals surface area (Å²) in [5, 5.41) is 7.49. The van der Waals surface area contributed by atoms with E-state index in [9.17, 15) is 0 Å². The molecule has 2 aliphatic rings. The van der Waals surface area contributed by atoms with Crippen LogP contribution < -0.4 is 14.8 Å². The first-order valence-electron chi connectivity index (χ1n) is 10.3. The van der Waals surface area contributed by atoms with Crippen molar-refractivity contribution in [1.82, 2.24) is 9.88 Å². The minimum absolute atomic E-state index is 0.485. The summed E-state index contributed by atoms with van der Waals surface area (Å²) in [7, 11) is 0. The first kappa shape index (κ1) is 20.7. The van der Waals surface area contributed by atoms with Crippen molar-refractivity contribution in [2.45, 2.75) is 18.8 Å². The molecule has 5 nitrogen and oxygen atoms in total. The van der Waals surface area contributed by atoms with E-state index in [1.54, 1.807) is 11.3 Å². The van der Waals surface area contributed by atoms with E-state index in [-0.39, 0.29) is 0 Å². The van der Waals surface area contributed by atoms with Crippen LogP contribution in [0.15, 0.2) is 52.3 Å². The number of piperidine rings is 1. The topological polar surface area (TPSA) is 46.6 Å². The first-order chi connectivity index (χ1) is 15.2. The third-order valence-electron chi connectivity index (χ3n) is 5.57. The zero-order chi connectivity index (χ0) is 21.2. The fraction of sp³-hybridized carbons (Fsp3) is 0.304. The minimum atomic E-state index is 0.485. The lowest BCUT2D eigenvalue weighted by molar-refractivity contribution is 0.171. The van der Waals surface area contributed by atoms with Crippen molar-refractivity contribution in [3.8, 4) is 22.8 Å². The normalized spacial score (nSPS) is 16.2. The largest absolute Gasteiger partial charge is 0.486 e. The molecule has 31 heavy (non-hydrogen) atoms. The number of fused-ring (bicyclic) bond motifs is 1. The number of nitrogens with one attached hydrogen (secondary N) is 1. The van der Waals surface area contributed by atoms with Gasteiger partial charge in [-0.25, -0.2) is 4.98 Å². The van der Waals surface area contributed by atoms with Crippen LogP contribution in [-0.2, 0) is 0 Å². The number of hydrogen-bond acceptors (Lipinski definition) is 5. The van der Waals surface area contributed by atoms with Crippen LogP contribution in [0, 0.1) is 0 Å². The summed E-state index contributed by atoms with van der Waals surface area (Å²) in [6.07, 6.45) is 2.10. The van der Waals surface area contributed by atoms with E-state index in [1.807, 2.05) is 30.3 Å². The van der Waals surface area contributed by atoms with Crippen molar-refractivity contribution >= 4 is 50.3 Å². The van der Waals surface area contributed by atoms with Gasteiger partial charge in [-0.15, -0.1) is 11.3 Å². The summed E-state index contributed by atoms with van der Waals surface area (Å²) >= 11 is 11.0. The van der Waals surface area contributed by atoms with E-state index in [1.165, 1.54) is 5.01 Å². The molecule has 2 aromatic carbocycles. The van der Waals surface area contributed by atoms with Crippen LogP contribution in [0.5, 0.6) is 11.5 Å². The molecule has 0 bridgehead atoms. The number of thiazole rings is 1. The predicted octanol–water partition coefficient (Wildman–Crippen LogP) is 5.92. The first-order valence-corrected chi connectivity index (χ1v) is 12.4. The monoisotopic (exact) mass is 515 g/mol. The fourth-order valence-corrected chi connectivity index (χ4v) is 5.61. The maximum Gasteiger partial charge on any atom is 0.173 e. The summed E-state index contributed by atoms with van der Waals surface area (Å²) in [5.74, 6) is 2.04. The number of rotatable bonds is 3. The quantitative estimate of drug-likeness (QED) is 0.436. The SMILES string of the molecule is S=C(Nc1ccc2c(c1)OCCO2)N1CCC(c2nc(-c3cccc(Br)c3)cs2)CC1. The van der Waals surface area contributed by atoms with Gasteiger partial charge in [0, 0.05) is 46.2 Å². The van der Waals surface area contributed by atoms with Crippen molar-refractivity contribution in [2.24, 2.45) is 0 Å². The van der Waals surface area contributed by atoms with Gasteiger partial charge in [-0.1, -0.05) is 28.1 Å². The van der Waals surface area contributed by atoms with Crippen LogP contribution in [0.2, 0.25) is 0 Å². The number of halogens is 1. The molecule has 0 spiro atoms. The Kier molecular flexibility index (Phi) is 6.11. The second-order valence-electron chi connectivity index (χ2n) is 7.63. The van der Waals surface area contributed by atoms with Crippen LogP contribution in [-0.4, -0.2) is 41.3 Å². The standard InChI is InChI=1S/C23H22BrN3O2S2/c24-17-3-1-2-16(12-17)19-14-31-22(26-19)15-6-8-27(9-7-15)23(30)25-18-4-5-20-21(13-18)29-11-10-28-20/h1-5,12-15H,6-11H2,(H,25,30). The average Bonchev–Trinajstić information content (AvgIpc) is 3.29. The maximum absolute atomic E-state index is 5.67. The molecule has 0 aliphatic carbocycles. The second-order valence-corrected chi connectivity index (χ2v) is 9.82. The molecular formula is C23H22BrN3O2S2. The van der Waals surface area contributed by atoms with Crippen LogP contribution >= 0.6 is 39.5 Å². The lowest BCUT2D eigenvalue weighted by Crippen LogP contribution is -2.40. The molecule has 0 atom stereocenters. The molecule has 1 aromatic heterocycles. The van der Waals surface area contributed by atoms with E-state index < -0.39 is 0 Å². The van der Waals surface area contributed by atoms with Crippen LogP contribution in [0.1, 0.15) is 23.8 Å². The highest BCUT2D eigenvalue weighted by molar-refractivity contribution is 9.10. The van der Waals surface area contributed by atoms with E-state index in [0.29, 0.717) is 19.1 Å². The molecule has 0 saturated carbocycles. The Morgan fingerprint density at radius 1 is 1.10 bits per heavy atom. The van der Waals surface area contributed by atoms with Gasteiger partial charge < -0.3 is 19.7 Å². The van der Waals surface area contributed by atoms with Crippen molar-refractivity contribution in [2.75, 3.05) is 31.6 Å². The molecule has 0 unspecified atom stereocenters. The number of hydrogen-bond donors (Lipinski definition) is 1. The Bertz CT molecular complexity index is 1100. The smallest absolute Gasteiger partial charge is 0.173 e. The van der Waals surface area contributed by atoms with Crippen molar-refractivity contribution in [3.05, 3.63) is 57.3 Å². The number of anilines is 1. The zero-order valence-electron chi connectivity index (χ0n) is 16.8. The third-order valence-corrected chi connectivity index (χ3v) is 7.43. The van der Waals surface area contributed by atoms with Gasteiger partial charge in [0.15, 0.2) is 16.6 Å². The van der Waals surface area contributed by atoms with Crippen LogP contribution in [0.25, 0.3) is 11.3 Å². The highest BCUT2D eigenvalue weighted by Gasteiger charge is 2.25. The molecule has 8 heteroatoms. The summed E-state index contributed by atoms with van der Waals surface area (Å²) in [4.78, 5) is 7.17. The lowest BCUT2D eigenvalue weighted by atomic mass is 9.98. The Morgan fingerprint density at radius 2 is 1.90 bits per heavy atom. The second kappa shape index (κ2) is 9.14. The molecule has 1 fully saturated rings. The average molecular weight is 516 g/mol. The summed E-state index contributed by atoms with van der Waals surface area (Å²) < 4.78 is 12.3. The number of aromatic nitrogens is 1. The number of nitrogens with zero attached hydrogens (tertiary/aromatic N) is 2. The number of benzene rings is 2. The Labute approximate surface area is 199 Å². The number of thiocarbonyl (C=S) groups is 1. The van der Waals surface area contributed by atoms with Gasteiger partial charge in [0.2, 0.25) is 0 Å². The zero-order valence-corrected chi connectivity index (χ0v) is 20.1. The van der Waals surface area contributed by atoms with Gasteiger partial charge in [0.05, 0.1) is 10.7 Å². The van der Waals surface area contributed by atoms with Crippen molar-refractivity contribution in [3.63, 3.8) is 0 Å². The molecule has 2 aliphatic heterocycles. The van der Waals surface area contributed by atoms with Gasteiger partial charge in [-0.2, -0.15) is 0 Å². The number of likely N-dealkylation sites (tertiary alicyclic amines) is 1. The third kappa shape index (κ3) is 4.71. The highest BCUT2D eigenvalue weighted by Crippen LogP contribution is 2.35. The van der Waals surface area contributed by atoms with E-state index >= 15 is 0 Å². The Morgan fingerprint density at radius 3 is 2.71 bits per heavy atom. The van der Waals surface area contributed by atoms with Gasteiger partial charge >= 0.3 is 0 Å². The summed E-state index contributed by atoms with van der Waals surface area (Å²) in [5.41, 5.74) is 3.13. The molecule has 1 saturated heterocycles. The Hall–Kier alpha value is -2.16.